The van der Waals surface area contributed by atoms with Crippen LogP contribution in [0.4, 0.5) is 0 Å². The normalized spacial score (nSPS) is 16.4. The van der Waals surface area contributed by atoms with Gasteiger partial charge in [0, 0.05) is 5.56 Å². The van der Waals surface area contributed by atoms with Crippen molar-refractivity contribution in [1.29, 1.82) is 0 Å². The summed E-state index contributed by atoms with van der Waals surface area (Å²) in [5.41, 5.74) is 1.09. The first-order valence-corrected chi connectivity index (χ1v) is 7.18. The molecule has 0 unspecified atom stereocenters. The minimum absolute atomic E-state index is 0.749. The average molecular weight is 256 g/mol. The molecule has 0 spiro atoms. The lowest BCUT2D eigenvalue weighted by Crippen LogP contribution is -2.15. The number of ether oxygens (including phenoxy) is 1. The summed E-state index contributed by atoms with van der Waals surface area (Å²) in [7, 11) is 0. The van der Waals surface area contributed by atoms with E-state index in [-0.39, 0.29) is 0 Å². The number of benzene rings is 1. The molecule has 1 saturated carbocycles. The zero-order valence-electron chi connectivity index (χ0n) is 11.2. The van der Waals surface area contributed by atoms with Gasteiger partial charge in [-0.2, -0.15) is 0 Å². The van der Waals surface area contributed by atoms with Crippen LogP contribution in [-0.4, -0.2) is 6.61 Å². The van der Waals surface area contributed by atoms with Crippen molar-refractivity contribution >= 4 is 0 Å². The molecule has 2 aromatic rings. The van der Waals surface area contributed by atoms with Gasteiger partial charge in [0.2, 0.25) is 0 Å². The van der Waals surface area contributed by atoms with E-state index in [1.165, 1.54) is 32.1 Å². The zero-order valence-corrected chi connectivity index (χ0v) is 11.2. The van der Waals surface area contributed by atoms with E-state index in [9.17, 15) is 0 Å². The number of hydrogen-bond acceptors (Lipinski definition) is 2. The van der Waals surface area contributed by atoms with Crippen molar-refractivity contribution in [3.63, 3.8) is 0 Å². The smallest absolute Gasteiger partial charge is 0.133 e. The predicted molar refractivity (Wildman–Crippen MR) is 76.2 cm³/mol. The Morgan fingerprint density at radius 3 is 2.47 bits per heavy atom. The lowest BCUT2D eigenvalue weighted by Gasteiger charge is -2.21. The third kappa shape index (κ3) is 3.19. The van der Waals surface area contributed by atoms with E-state index in [2.05, 4.69) is 12.1 Å². The second-order valence-electron chi connectivity index (χ2n) is 5.32. The fraction of sp³-hybridized carbons (Fsp3) is 0.412. The van der Waals surface area contributed by atoms with Crippen LogP contribution in [0, 0.1) is 5.92 Å². The highest BCUT2D eigenvalue weighted by molar-refractivity contribution is 5.58. The molecule has 1 aliphatic carbocycles. The Kier molecular flexibility index (Phi) is 3.87. The summed E-state index contributed by atoms with van der Waals surface area (Å²) in [5, 5.41) is 0. The predicted octanol–water partition coefficient (Wildman–Crippen LogP) is 4.91. The summed E-state index contributed by atoms with van der Waals surface area (Å²) in [5.74, 6) is 2.61. The molecule has 0 radical (unpaired) electrons. The van der Waals surface area contributed by atoms with Gasteiger partial charge in [-0.1, -0.05) is 19.3 Å². The van der Waals surface area contributed by atoms with E-state index in [4.69, 9.17) is 9.15 Å². The average Bonchev–Trinajstić information content (AvgIpc) is 3.01. The van der Waals surface area contributed by atoms with Crippen LogP contribution in [0.5, 0.6) is 5.75 Å². The molecule has 0 bridgehead atoms. The summed E-state index contributed by atoms with van der Waals surface area (Å²) in [6, 6.07) is 12.0. The molecule has 1 fully saturated rings. The molecule has 1 aromatic heterocycles. The molecule has 1 aliphatic rings. The summed E-state index contributed by atoms with van der Waals surface area (Å²) in [4.78, 5) is 0. The van der Waals surface area contributed by atoms with Crippen molar-refractivity contribution < 1.29 is 9.15 Å². The third-order valence-corrected chi connectivity index (χ3v) is 3.87. The molecular formula is C17H20O2. The standard InChI is InChI=1S/C17H20O2/c1-2-5-14(6-3-1)13-19-16-10-8-15(9-11-16)17-7-4-12-18-17/h4,7-12,14H,1-3,5-6,13H2. The van der Waals surface area contributed by atoms with Crippen molar-refractivity contribution in [3.05, 3.63) is 42.7 Å². The Morgan fingerprint density at radius 2 is 1.79 bits per heavy atom. The molecule has 1 heterocycles. The van der Waals surface area contributed by atoms with Crippen molar-refractivity contribution in [2.75, 3.05) is 6.61 Å². The lowest BCUT2D eigenvalue weighted by molar-refractivity contribution is 0.209. The van der Waals surface area contributed by atoms with Crippen molar-refractivity contribution in [2.24, 2.45) is 5.92 Å². The second-order valence-corrected chi connectivity index (χ2v) is 5.32. The quantitative estimate of drug-likeness (QED) is 0.775. The summed E-state index contributed by atoms with van der Waals surface area (Å²) in [6.07, 6.45) is 8.48. The largest absolute Gasteiger partial charge is 0.493 e. The van der Waals surface area contributed by atoms with Gasteiger partial charge in [-0.05, 0) is 55.2 Å². The van der Waals surface area contributed by atoms with Crippen molar-refractivity contribution in [1.82, 2.24) is 0 Å². The molecule has 1 aromatic carbocycles. The molecule has 0 atom stereocenters. The maximum Gasteiger partial charge on any atom is 0.133 e. The first kappa shape index (κ1) is 12.3. The van der Waals surface area contributed by atoms with E-state index in [1.54, 1.807) is 6.26 Å². The van der Waals surface area contributed by atoms with E-state index in [0.717, 1.165) is 29.6 Å². The second kappa shape index (κ2) is 5.96. The van der Waals surface area contributed by atoms with Gasteiger partial charge in [-0.15, -0.1) is 0 Å². The molecule has 2 nitrogen and oxygen atoms in total. The van der Waals surface area contributed by atoms with E-state index < -0.39 is 0 Å². The Bertz CT molecular complexity index is 478. The summed E-state index contributed by atoms with van der Waals surface area (Å²) >= 11 is 0. The fourth-order valence-electron chi connectivity index (χ4n) is 2.73. The Balaban J connectivity index is 1.57. The van der Waals surface area contributed by atoms with E-state index in [1.807, 2.05) is 24.3 Å². The van der Waals surface area contributed by atoms with Crippen molar-refractivity contribution in [3.8, 4) is 17.1 Å². The monoisotopic (exact) mass is 256 g/mol. The number of furan rings is 1. The topological polar surface area (TPSA) is 22.4 Å². The third-order valence-electron chi connectivity index (χ3n) is 3.87. The first-order chi connectivity index (χ1) is 9.42. The summed E-state index contributed by atoms with van der Waals surface area (Å²) < 4.78 is 11.3. The van der Waals surface area contributed by atoms with Gasteiger partial charge >= 0.3 is 0 Å². The highest BCUT2D eigenvalue weighted by Crippen LogP contribution is 2.26. The number of rotatable bonds is 4. The van der Waals surface area contributed by atoms with Crippen molar-refractivity contribution in [2.45, 2.75) is 32.1 Å². The highest BCUT2D eigenvalue weighted by atomic mass is 16.5. The van der Waals surface area contributed by atoms with Crippen LogP contribution in [0.2, 0.25) is 0 Å². The molecule has 100 valence electrons. The fourth-order valence-corrected chi connectivity index (χ4v) is 2.73. The van der Waals surface area contributed by atoms with E-state index >= 15 is 0 Å². The van der Waals surface area contributed by atoms with E-state index in [0.29, 0.717) is 0 Å². The molecule has 0 saturated heterocycles. The molecule has 0 N–H and O–H groups in total. The Hall–Kier alpha value is -1.70. The maximum absolute atomic E-state index is 5.89. The van der Waals surface area contributed by atoms with Gasteiger partial charge in [0.1, 0.15) is 11.5 Å². The molecule has 3 rings (SSSR count). The zero-order chi connectivity index (χ0) is 12.9. The van der Waals surface area contributed by atoms with Crippen LogP contribution in [0.15, 0.2) is 47.1 Å². The van der Waals surface area contributed by atoms with Gasteiger partial charge in [0.15, 0.2) is 0 Å². The molecular weight excluding hydrogens is 236 g/mol. The van der Waals surface area contributed by atoms with Gasteiger partial charge < -0.3 is 9.15 Å². The minimum Gasteiger partial charge on any atom is -0.493 e. The van der Waals surface area contributed by atoms with Gasteiger partial charge in [-0.25, -0.2) is 0 Å². The first-order valence-electron chi connectivity index (χ1n) is 7.18. The Labute approximate surface area is 114 Å². The van der Waals surface area contributed by atoms with Gasteiger partial charge in [0.05, 0.1) is 12.9 Å². The van der Waals surface area contributed by atoms with Crippen LogP contribution >= 0.6 is 0 Å². The van der Waals surface area contributed by atoms with Crippen LogP contribution in [0.25, 0.3) is 11.3 Å². The Morgan fingerprint density at radius 1 is 1.00 bits per heavy atom. The van der Waals surface area contributed by atoms with Gasteiger partial charge in [-0.3, -0.25) is 0 Å². The molecule has 0 amide bonds. The van der Waals surface area contributed by atoms with Crippen LogP contribution in [-0.2, 0) is 0 Å². The van der Waals surface area contributed by atoms with Crippen LogP contribution in [0.3, 0.4) is 0 Å². The maximum atomic E-state index is 5.89. The number of hydrogen-bond donors (Lipinski definition) is 0. The van der Waals surface area contributed by atoms with Gasteiger partial charge in [0.25, 0.3) is 0 Å². The van der Waals surface area contributed by atoms with Crippen LogP contribution in [0.1, 0.15) is 32.1 Å². The molecule has 0 aliphatic heterocycles. The van der Waals surface area contributed by atoms with Crippen LogP contribution < -0.4 is 4.74 Å². The lowest BCUT2D eigenvalue weighted by atomic mass is 9.90. The molecule has 19 heavy (non-hydrogen) atoms. The SMILES string of the molecule is c1coc(-c2ccc(OCC3CCCCC3)cc2)c1. The highest BCUT2D eigenvalue weighted by Gasteiger charge is 2.13. The molecule has 2 heteroatoms. The minimum atomic E-state index is 0.749. The summed E-state index contributed by atoms with van der Waals surface area (Å²) in [6.45, 7) is 0.861.